The lowest BCUT2D eigenvalue weighted by Crippen LogP contribution is -2.47. The second-order valence-electron chi connectivity index (χ2n) is 5.55. The highest BCUT2D eigenvalue weighted by molar-refractivity contribution is 5.82. The first-order valence-electron chi connectivity index (χ1n) is 7.53. The van der Waals surface area contributed by atoms with Gasteiger partial charge in [0.25, 0.3) is 0 Å². The van der Waals surface area contributed by atoms with Crippen molar-refractivity contribution in [1.82, 2.24) is 10.6 Å². The maximum Gasteiger partial charge on any atom is 0.237 e. The number of carbonyl (C=O) groups excluding carboxylic acids is 1. The van der Waals surface area contributed by atoms with Crippen LogP contribution in [0.2, 0.25) is 0 Å². The van der Waals surface area contributed by atoms with E-state index in [0.717, 1.165) is 17.7 Å². The van der Waals surface area contributed by atoms with Crippen LogP contribution in [0, 0.1) is 0 Å². The van der Waals surface area contributed by atoms with Crippen molar-refractivity contribution >= 4 is 5.91 Å². The highest BCUT2D eigenvalue weighted by Crippen LogP contribution is 2.16. The molecule has 1 atom stereocenters. The summed E-state index contributed by atoms with van der Waals surface area (Å²) in [7, 11) is 0. The number of nitrogens with one attached hydrogen (secondary N) is 2. The summed E-state index contributed by atoms with van der Waals surface area (Å²) in [5, 5.41) is 15.6. The van der Waals surface area contributed by atoms with Gasteiger partial charge in [-0.1, -0.05) is 48.5 Å². The maximum atomic E-state index is 12.3. The number of rotatable bonds is 4. The summed E-state index contributed by atoms with van der Waals surface area (Å²) in [6.45, 7) is 1.15. The van der Waals surface area contributed by atoms with Gasteiger partial charge in [0.15, 0.2) is 0 Å². The predicted octanol–water partition coefficient (Wildman–Crippen LogP) is 1.51. The first-order chi connectivity index (χ1) is 10.8. The standard InChI is InChI=1S/C18H20N2O2/c21-12-16-8-4-3-7-15(16)11-20-18(22)17-9-13-5-1-2-6-14(13)10-19-17/h1-8,17,19,21H,9-12H2,(H,20,22). The summed E-state index contributed by atoms with van der Waals surface area (Å²) in [6.07, 6.45) is 0.712. The summed E-state index contributed by atoms with van der Waals surface area (Å²) in [5.74, 6) is 0.00208. The molecule has 1 unspecified atom stereocenters. The molecule has 0 saturated heterocycles. The molecular weight excluding hydrogens is 276 g/mol. The van der Waals surface area contributed by atoms with E-state index in [-0.39, 0.29) is 18.6 Å². The van der Waals surface area contributed by atoms with Crippen LogP contribution in [0.3, 0.4) is 0 Å². The molecule has 4 heteroatoms. The summed E-state index contributed by atoms with van der Waals surface area (Å²) in [4.78, 5) is 12.3. The molecule has 114 valence electrons. The Hall–Kier alpha value is -2.17. The van der Waals surface area contributed by atoms with Gasteiger partial charge < -0.3 is 15.7 Å². The quantitative estimate of drug-likeness (QED) is 0.801. The Labute approximate surface area is 130 Å². The van der Waals surface area contributed by atoms with Crippen molar-refractivity contribution in [3.05, 3.63) is 70.8 Å². The van der Waals surface area contributed by atoms with Crippen LogP contribution < -0.4 is 10.6 Å². The van der Waals surface area contributed by atoms with Gasteiger partial charge in [-0.15, -0.1) is 0 Å². The van der Waals surface area contributed by atoms with Crippen LogP contribution in [-0.2, 0) is 30.9 Å². The Morgan fingerprint density at radius 3 is 2.55 bits per heavy atom. The minimum Gasteiger partial charge on any atom is -0.392 e. The zero-order valence-corrected chi connectivity index (χ0v) is 12.4. The largest absolute Gasteiger partial charge is 0.392 e. The summed E-state index contributed by atoms with van der Waals surface area (Å²) < 4.78 is 0. The highest BCUT2D eigenvalue weighted by atomic mass is 16.3. The Morgan fingerprint density at radius 2 is 1.77 bits per heavy atom. The van der Waals surface area contributed by atoms with Crippen molar-refractivity contribution in [2.24, 2.45) is 0 Å². The molecule has 1 heterocycles. The van der Waals surface area contributed by atoms with Crippen molar-refractivity contribution in [2.45, 2.75) is 32.2 Å². The van der Waals surface area contributed by atoms with E-state index < -0.39 is 0 Å². The van der Waals surface area contributed by atoms with Crippen molar-refractivity contribution in [3.63, 3.8) is 0 Å². The van der Waals surface area contributed by atoms with Crippen molar-refractivity contribution < 1.29 is 9.90 Å². The van der Waals surface area contributed by atoms with E-state index in [2.05, 4.69) is 22.8 Å². The fourth-order valence-electron chi connectivity index (χ4n) is 2.83. The van der Waals surface area contributed by atoms with Gasteiger partial charge in [0.05, 0.1) is 12.6 Å². The fourth-order valence-corrected chi connectivity index (χ4v) is 2.83. The van der Waals surface area contributed by atoms with Gasteiger partial charge >= 0.3 is 0 Å². The number of carbonyl (C=O) groups is 1. The molecule has 1 aliphatic heterocycles. The number of aliphatic hydroxyl groups excluding tert-OH is 1. The first-order valence-corrected chi connectivity index (χ1v) is 7.53. The molecule has 3 N–H and O–H groups in total. The Bertz CT molecular complexity index is 670. The molecule has 0 spiro atoms. The third-order valence-electron chi connectivity index (χ3n) is 4.14. The third kappa shape index (κ3) is 3.18. The van der Waals surface area contributed by atoms with E-state index in [4.69, 9.17) is 0 Å². The van der Waals surface area contributed by atoms with Crippen LogP contribution in [0.4, 0.5) is 0 Å². The van der Waals surface area contributed by atoms with Gasteiger partial charge in [0.2, 0.25) is 5.91 Å². The zero-order valence-electron chi connectivity index (χ0n) is 12.4. The molecular formula is C18H20N2O2. The Kier molecular flexibility index (Phi) is 4.51. The maximum absolute atomic E-state index is 12.3. The number of benzene rings is 2. The number of fused-ring (bicyclic) bond motifs is 1. The summed E-state index contributed by atoms with van der Waals surface area (Å²) in [6, 6.07) is 15.6. The van der Waals surface area contributed by atoms with Gasteiger partial charge in [-0.05, 0) is 28.7 Å². The molecule has 0 fully saturated rings. The molecule has 0 aromatic heterocycles. The minimum atomic E-state index is -0.198. The SMILES string of the molecule is O=C(NCc1ccccc1CO)C1Cc2ccccc2CN1. The molecule has 0 bridgehead atoms. The number of amides is 1. The summed E-state index contributed by atoms with van der Waals surface area (Å²) >= 11 is 0. The van der Waals surface area contributed by atoms with E-state index in [0.29, 0.717) is 13.0 Å². The molecule has 0 radical (unpaired) electrons. The number of hydrogen-bond acceptors (Lipinski definition) is 3. The second kappa shape index (κ2) is 6.73. The lowest BCUT2D eigenvalue weighted by molar-refractivity contribution is -0.123. The van der Waals surface area contributed by atoms with Crippen LogP contribution in [0.15, 0.2) is 48.5 Å². The Morgan fingerprint density at radius 1 is 1.09 bits per heavy atom. The number of hydrogen-bond donors (Lipinski definition) is 3. The predicted molar refractivity (Wildman–Crippen MR) is 85.0 cm³/mol. The molecule has 3 rings (SSSR count). The summed E-state index contributed by atoms with van der Waals surface area (Å²) in [5.41, 5.74) is 4.30. The van der Waals surface area contributed by atoms with E-state index >= 15 is 0 Å². The lowest BCUT2D eigenvalue weighted by atomic mass is 9.95. The monoisotopic (exact) mass is 296 g/mol. The second-order valence-corrected chi connectivity index (χ2v) is 5.55. The average Bonchev–Trinajstić information content (AvgIpc) is 2.59. The molecule has 1 amide bonds. The molecule has 0 saturated carbocycles. The van der Waals surface area contributed by atoms with Gasteiger partial charge in [-0.2, -0.15) is 0 Å². The van der Waals surface area contributed by atoms with Crippen molar-refractivity contribution in [3.8, 4) is 0 Å². The van der Waals surface area contributed by atoms with Crippen LogP contribution in [0.1, 0.15) is 22.3 Å². The fraction of sp³-hybridized carbons (Fsp3) is 0.278. The van der Waals surface area contributed by atoms with E-state index in [1.807, 2.05) is 36.4 Å². The van der Waals surface area contributed by atoms with Crippen molar-refractivity contribution in [1.29, 1.82) is 0 Å². The molecule has 2 aromatic rings. The van der Waals surface area contributed by atoms with Gasteiger partial charge in [0, 0.05) is 13.1 Å². The Balaban J connectivity index is 1.61. The highest BCUT2D eigenvalue weighted by Gasteiger charge is 2.23. The van der Waals surface area contributed by atoms with Crippen LogP contribution in [-0.4, -0.2) is 17.1 Å². The van der Waals surface area contributed by atoms with E-state index in [1.54, 1.807) is 0 Å². The van der Waals surface area contributed by atoms with Crippen LogP contribution in [0.5, 0.6) is 0 Å². The van der Waals surface area contributed by atoms with Gasteiger partial charge in [0.1, 0.15) is 0 Å². The van der Waals surface area contributed by atoms with Crippen LogP contribution in [0.25, 0.3) is 0 Å². The van der Waals surface area contributed by atoms with Crippen LogP contribution >= 0.6 is 0 Å². The molecule has 0 aliphatic carbocycles. The smallest absolute Gasteiger partial charge is 0.237 e. The average molecular weight is 296 g/mol. The van der Waals surface area contributed by atoms with E-state index in [1.165, 1.54) is 11.1 Å². The lowest BCUT2D eigenvalue weighted by Gasteiger charge is -2.25. The molecule has 1 aliphatic rings. The van der Waals surface area contributed by atoms with E-state index in [9.17, 15) is 9.90 Å². The first kappa shape index (κ1) is 14.8. The molecule has 4 nitrogen and oxygen atoms in total. The zero-order chi connectivity index (χ0) is 15.4. The van der Waals surface area contributed by atoms with Gasteiger partial charge in [-0.25, -0.2) is 0 Å². The minimum absolute atomic E-state index is 0.00208. The topological polar surface area (TPSA) is 61.4 Å². The molecule has 2 aromatic carbocycles. The number of aliphatic hydroxyl groups is 1. The normalized spacial score (nSPS) is 16.9. The molecule has 22 heavy (non-hydrogen) atoms. The third-order valence-corrected chi connectivity index (χ3v) is 4.14. The van der Waals surface area contributed by atoms with Gasteiger partial charge in [-0.3, -0.25) is 4.79 Å². The van der Waals surface area contributed by atoms with Crippen molar-refractivity contribution in [2.75, 3.05) is 0 Å².